The third kappa shape index (κ3) is 15.3. The molecule has 38 heavy (non-hydrogen) atoms. The fraction of sp³-hybridized carbons (Fsp3) is 0.739. The monoisotopic (exact) mass is 554 g/mol. The number of anilines is 6. The van der Waals surface area contributed by atoms with Gasteiger partial charge in [-0.2, -0.15) is 29.9 Å². The Morgan fingerprint density at radius 2 is 0.789 bits per heavy atom. The van der Waals surface area contributed by atoms with Gasteiger partial charge in [0.15, 0.2) is 0 Å². The van der Waals surface area contributed by atoms with Crippen LogP contribution in [-0.4, -0.2) is 83.3 Å². The van der Waals surface area contributed by atoms with Crippen molar-refractivity contribution in [1.82, 2.24) is 40.5 Å². The Bertz CT molecular complexity index is 803. The van der Waals surface area contributed by atoms with Gasteiger partial charge in [0, 0.05) is 27.2 Å². The van der Waals surface area contributed by atoms with E-state index in [1.165, 1.54) is 44.9 Å². The quantitative estimate of drug-likeness (QED) is 0.0980. The first-order chi connectivity index (χ1) is 18.1. The highest BCUT2D eigenvalue weighted by atomic mass is 35.5. The minimum atomic E-state index is 0. The highest BCUT2D eigenvalue weighted by molar-refractivity contribution is 5.85. The maximum atomic E-state index is 5.66. The molecule has 0 saturated carbocycles. The molecule has 0 aromatic carbocycles. The second-order valence-corrected chi connectivity index (χ2v) is 8.72. The molecule has 0 aliphatic rings. The third-order valence-electron chi connectivity index (χ3n) is 5.59. The predicted octanol–water partition coefficient (Wildman–Crippen LogP) is 1.94. The van der Waals surface area contributed by atoms with Gasteiger partial charge < -0.3 is 43.4 Å². The smallest absolute Gasteiger partial charge is 0.229 e. The molecule has 2 aromatic heterocycles. The van der Waals surface area contributed by atoms with Crippen LogP contribution in [0.4, 0.5) is 35.7 Å². The molecule has 2 aromatic rings. The summed E-state index contributed by atoms with van der Waals surface area (Å²) in [4.78, 5) is 24.6. The highest BCUT2D eigenvalue weighted by Gasteiger charge is 2.03. The summed E-state index contributed by atoms with van der Waals surface area (Å²) in [5.74, 6) is 2.38. The van der Waals surface area contributed by atoms with Crippen LogP contribution in [0, 0.1) is 0 Å². The lowest BCUT2D eigenvalue weighted by Gasteiger charge is -2.08. The maximum Gasteiger partial charge on any atom is 0.229 e. The van der Waals surface area contributed by atoms with Gasteiger partial charge >= 0.3 is 0 Å². The van der Waals surface area contributed by atoms with Crippen LogP contribution in [0.25, 0.3) is 0 Å². The van der Waals surface area contributed by atoms with E-state index in [0.29, 0.717) is 23.8 Å². The average Bonchev–Trinajstić information content (AvgIpc) is 2.89. The van der Waals surface area contributed by atoms with E-state index in [9.17, 15) is 0 Å². The van der Waals surface area contributed by atoms with Gasteiger partial charge in [0.2, 0.25) is 35.7 Å². The second kappa shape index (κ2) is 21.0. The zero-order valence-electron chi connectivity index (χ0n) is 22.9. The van der Waals surface area contributed by atoms with Gasteiger partial charge in [-0.05, 0) is 51.9 Å². The summed E-state index contributed by atoms with van der Waals surface area (Å²) in [6.07, 6.45) is 11.0. The molecular weight excluding hydrogens is 508 g/mol. The van der Waals surface area contributed by atoms with E-state index in [-0.39, 0.29) is 24.3 Å². The number of halogens is 1. The SMILES string of the molecule is CNc1nc(N)nc(NCCCNCCCCCCCCCNCCCNc2nc(N)nc(NC)n2)n1.Cl. The summed E-state index contributed by atoms with van der Waals surface area (Å²) >= 11 is 0. The largest absolute Gasteiger partial charge is 0.368 e. The Labute approximate surface area is 232 Å². The van der Waals surface area contributed by atoms with Crippen LogP contribution in [0.15, 0.2) is 0 Å². The fourth-order valence-corrected chi connectivity index (χ4v) is 3.63. The van der Waals surface area contributed by atoms with Gasteiger partial charge in [0.05, 0.1) is 0 Å². The summed E-state index contributed by atoms with van der Waals surface area (Å²) in [7, 11) is 3.51. The Balaban J connectivity index is 0.00000722. The zero-order chi connectivity index (χ0) is 26.6. The lowest BCUT2D eigenvalue weighted by molar-refractivity contribution is 0.542. The first-order valence-electron chi connectivity index (χ1n) is 13.4. The number of unbranched alkanes of at least 4 members (excludes halogenated alkanes) is 6. The topological polar surface area (TPSA) is 202 Å². The molecule has 10 N–H and O–H groups in total. The maximum absolute atomic E-state index is 5.66. The van der Waals surface area contributed by atoms with E-state index < -0.39 is 0 Å². The molecule has 0 bridgehead atoms. The molecule has 0 saturated heterocycles. The van der Waals surface area contributed by atoms with Crippen molar-refractivity contribution in [1.29, 1.82) is 0 Å². The molecular formula is C23H47ClN14. The van der Waals surface area contributed by atoms with Crippen molar-refractivity contribution in [2.45, 2.75) is 57.8 Å². The van der Waals surface area contributed by atoms with E-state index in [1.54, 1.807) is 14.1 Å². The van der Waals surface area contributed by atoms with Crippen molar-refractivity contribution in [3.05, 3.63) is 0 Å². The number of nitrogens with zero attached hydrogens (tertiary/aromatic N) is 6. The number of hydrogen-bond acceptors (Lipinski definition) is 14. The van der Waals surface area contributed by atoms with Gasteiger partial charge in [-0.3, -0.25) is 0 Å². The van der Waals surface area contributed by atoms with Crippen molar-refractivity contribution in [3.8, 4) is 0 Å². The van der Waals surface area contributed by atoms with Gasteiger partial charge in [-0.25, -0.2) is 0 Å². The molecule has 0 atom stereocenters. The van der Waals surface area contributed by atoms with Crippen molar-refractivity contribution >= 4 is 48.1 Å². The minimum Gasteiger partial charge on any atom is -0.368 e. The van der Waals surface area contributed by atoms with Crippen LogP contribution >= 0.6 is 12.4 Å². The Kier molecular flexibility index (Phi) is 18.3. The van der Waals surface area contributed by atoms with E-state index in [1.807, 2.05) is 0 Å². The molecule has 0 amide bonds. The molecule has 216 valence electrons. The molecule has 2 heterocycles. The number of aromatic nitrogens is 6. The van der Waals surface area contributed by atoms with E-state index in [0.717, 1.165) is 52.1 Å². The number of hydrogen-bond donors (Lipinski definition) is 8. The Morgan fingerprint density at radius 3 is 1.18 bits per heavy atom. The molecule has 0 aliphatic heterocycles. The Morgan fingerprint density at radius 1 is 0.447 bits per heavy atom. The summed E-state index contributed by atoms with van der Waals surface area (Å²) < 4.78 is 0. The first-order valence-corrected chi connectivity index (χ1v) is 13.4. The molecule has 15 heteroatoms. The molecule has 0 fully saturated rings. The predicted molar refractivity (Wildman–Crippen MR) is 159 cm³/mol. The lowest BCUT2D eigenvalue weighted by Crippen LogP contribution is -2.20. The highest BCUT2D eigenvalue weighted by Crippen LogP contribution is 2.08. The number of nitrogens with one attached hydrogen (secondary N) is 6. The summed E-state index contributed by atoms with van der Waals surface area (Å²) in [5.41, 5.74) is 11.3. The van der Waals surface area contributed by atoms with Crippen LogP contribution in [-0.2, 0) is 0 Å². The van der Waals surface area contributed by atoms with Gasteiger partial charge in [-0.1, -0.05) is 32.1 Å². The molecule has 0 radical (unpaired) electrons. The third-order valence-corrected chi connectivity index (χ3v) is 5.59. The normalized spacial score (nSPS) is 10.6. The van der Waals surface area contributed by atoms with Crippen LogP contribution in [0.3, 0.4) is 0 Å². The average molecular weight is 555 g/mol. The second-order valence-electron chi connectivity index (χ2n) is 8.72. The van der Waals surface area contributed by atoms with Gasteiger partial charge in [-0.15, -0.1) is 12.4 Å². The fourth-order valence-electron chi connectivity index (χ4n) is 3.63. The van der Waals surface area contributed by atoms with Crippen LogP contribution in [0.5, 0.6) is 0 Å². The number of nitrogen functional groups attached to an aromatic ring is 2. The summed E-state index contributed by atoms with van der Waals surface area (Å²) in [6.45, 7) is 5.66. The number of nitrogens with two attached hydrogens (primary N) is 2. The summed E-state index contributed by atoms with van der Waals surface area (Å²) in [5, 5.41) is 19.1. The molecule has 0 aliphatic carbocycles. The number of rotatable bonds is 22. The van der Waals surface area contributed by atoms with Crippen LogP contribution in [0.2, 0.25) is 0 Å². The van der Waals surface area contributed by atoms with Crippen molar-refractivity contribution in [3.63, 3.8) is 0 Å². The van der Waals surface area contributed by atoms with Crippen LogP contribution in [0.1, 0.15) is 57.8 Å². The molecule has 2 rings (SSSR count). The summed E-state index contributed by atoms with van der Waals surface area (Å²) in [6, 6.07) is 0. The van der Waals surface area contributed by atoms with Crippen molar-refractivity contribution < 1.29 is 0 Å². The van der Waals surface area contributed by atoms with E-state index in [4.69, 9.17) is 11.5 Å². The molecule has 0 unspecified atom stereocenters. The van der Waals surface area contributed by atoms with Crippen LogP contribution < -0.4 is 43.4 Å². The molecule has 0 spiro atoms. The van der Waals surface area contributed by atoms with Crippen molar-refractivity contribution in [2.75, 3.05) is 86.1 Å². The van der Waals surface area contributed by atoms with E-state index >= 15 is 0 Å². The minimum absolute atomic E-state index is 0. The lowest BCUT2D eigenvalue weighted by atomic mass is 10.1. The van der Waals surface area contributed by atoms with Crippen molar-refractivity contribution in [2.24, 2.45) is 0 Å². The van der Waals surface area contributed by atoms with Gasteiger partial charge in [0.25, 0.3) is 0 Å². The zero-order valence-corrected chi connectivity index (χ0v) is 23.7. The first kappa shape index (κ1) is 33.1. The van der Waals surface area contributed by atoms with Gasteiger partial charge in [0.1, 0.15) is 0 Å². The molecule has 14 nitrogen and oxygen atoms in total. The standard InChI is InChI=1S/C23H46N14.ClH/c1-26-20-32-18(24)34-22(36-20)30-16-10-14-28-12-8-6-4-3-5-7-9-13-29-15-11-17-31-23-35-19(25)33-21(27-2)37-23;/h28-29H,3-17H2,1-2H3,(H4,24,26,30,32,34,36)(H4,25,27,31,33,35,37);1H. The Hall–Kier alpha value is -2.97. The van der Waals surface area contributed by atoms with E-state index in [2.05, 4.69) is 61.8 Å².